The second-order valence-corrected chi connectivity index (χ2v) is 2.12. The molecule has 0 amide bonds. The second-order valence-electron chi connectivity index (χ2n) is 2.12. The van der Waals surface area contributed by atoms with Gasteiger partial charge in [0.25, 0.3) is 0 Å². The topological polar surface area (TPSA) is 50.9 Å². The van der Waals surface area contributed by atoms with Gasteiger partial charge in [-0.05, 0) is 13.0 Å². The minimum atomic E-state index is 0.590. The number of hydrogen-bond donors (Lipinski definition) is 2. The molecule has 1 heterocycles. The van der Waals surface area contributed by atoms with Gasteiger partial charge in [-0.3, -0.25) is 0 Å². The highest BCUT2D eigenvalue weighted by Crippen LogP contribution is 2.16. The van der Waals surface area contributed by atoms with Crippen molar-refractivity contribution in [2.24, 2.45) is 0 Å². The first-order valence-corrected chi connectivity index (χ1v) is 3.14. The fraction of sp³-hybridized carbons (Fsp3) is 0.286. The lowest BCUT2D eigenvalue weighted by molar-refractivity contribution is 1.27. The number of nitrogen functional groups attached to an aromatic ring is 1. The zero-order valence-corrected chi connectivity index (χ0v) is 6.18. The van der Waals surface area contributed by atoms with Gasteiger partial charge in [0.05, 0.1) is 0 Å². The summed E-state index contributed by atoms with van der Waals surface area (Å²) in [5.41, 5.74) is 7.58. The molecule has 0 spiro atoms. The molecule has 0 aliphatic rings. The van der Waals surface area contributed by atoms with E-state index in [0.717, 1.165) is 11.3 Å². The third-order valence-electron chi connectivity index (χ3n) is 1.51. The zero-order chi connectivity index (χ0) is 7.56. The van der Waals surface area contributed by atoms with Gasteiger partial charge in [-0.15, -0.1) is 0 Å². The van der Waals surface area contributed by atoms with Crippen molar-refractivity contribution >= 4 is 11.5 Å². The van der Waals surface area contributed by atoms with E-state index in [-0.39, 0.29) is 0 Å². The van der Waals surface area contributed by atoms with E-state index >= 15 is 0 Å². The number of nitrogens with one attached hydrogen (secondary N) is 1. The molecule has 0 saturated heterocycles. The molecule has 0 atom stereocenters. The predicted molar refractivity (Wildman–Crippen MR) is 42.9 cm³/mol. The molecule has 54 valence electrons. The first-order valence-electron chi connectivity index (χ1n) is 3.14. The Morgan fingerprint density at radius 2 is 2.30 bits per heavy atom. The standard InChI is InChI=1S/C7H11N3/c1-5-6(9-2)3-4-10-7(5)8/h3-4H,1-2H3,(H3,8,9,10). The summed E-state index contributed by atoms with van der Waals surface area (Å²) in [5, 5.41) is 3.02. The normalized spacial score (nSPS) is 9.40. The molecule has 0 fully saturated rings. The molecule has 0 bridgehead atoms. The summed E-state index contributed by atoms with van der Waals surface area (Å²) in [7, 11) is 1.86. The van der Waals surface area contributed by atoms with Crippen LogP contribution in [-0.2, 0) is 0 Å². The van der Waals surface area contributed by atoms with Gasteiger partial charge in [-0.25, -0.2) is 4.98 Å². The number of hydrogen-bond acceptors (Lipinski definition) is 3. The molecule has 0 unspecified atom stereocenters. The van der Waals surface area contributed by atoms with Crippen molar-refractivity contribution in [3.8, 4) is 0 Å². The van der Waals surface area contributed by atoms with E-state index in [4.69, 9.17) is 5.73 Å². The lowest BCUT2D eigenvalue weighted by Crippen LogP contribution is -1.98. The summed E-state index contributed by atoms with van der Waals surface area (Å²) in [6, 6.07) is 1.89. The van der Waals surface area contributed by atoms with E-state index in [0.29, 0.717) is 5.82 Å². The van der Waals surface area contributed by atoms with Crippen molar-refractivity contribution in [1.82, 2.24) is 4.98 Å². The summed E-state index contributed by atoms with van der Waals surface area (Å²) in [6.45, 7) is 1.94. The van der Waals surface area contributed by atoms with Crippen LogP contribution in [0.1, 0.15) is 5.56 Å². The molecule has 10 heavy (non-hydrogen) atoms. The fourth-order valence-corrected chi connectivity index (χ4v) is 0.823. The summed E-state index contributed by atoms with van der Waals surface area (Å²) in [6.07, 6.45) is 1.69. The minimum Gasteiger partial charge on any atom is -0.388 e. The van der Waals surface area contributed by atoms with Crippen LogP contribution in [0.3, 0.4) is 0 Å². The van der Waals surface area contributed by atoms with Crippen molar-refractivity contribution in [3.05, 3.63) is 17.8 Å². The smallest absolute Gasteiger partial charge is 0.128 e. The molecule has 1 rings (SSSR count). The lowest BCUT2D eigenvalue weighted by atomic mass is 10.2. The van der Waals surface area contributed by atoms with Crippen LogP contribution in [0, 0.1) is 6.92 Å². The molecule has 3 heteroatoms. The summed E-state index contributed by atoms with van der Waals surface area (Å²) >= 11 is 0. The summed E-state index contributed by atoms with van der Waals surface area (Å²) in [5.74, 6) is 0.590. The SMILES string of the molecule is CNc1ccnc(N)c1C. The summed E-state index contributed by atoms with van der Waals surface area (Å²) < 4.78 is 0. The van der Waals surface area contributed by atoms with E-state index < -0.39 is 0 Å². The van der Waals surface area contributed by atoms with Crippen LogP contribution in [0.2, 0.25) is 0 Å². The monoisotopic (exact) mass is 137 g/mol. The molecule has 0 aliphatic heterocycles. The number of pyridine rings is 1. The number of rotatable bonds is 1. The molecular weight excluding hydrogens is 126 g/mol. The van der Waals surface area contributed by atoms with E-state index in [1.807, 2.05) is 20.0 Å². The van der Waals surface area contributed by atoms with Crippen molar-refractivity contribution in [2.45, 2.75) is 6.92 Å². The van der Waals surface area contributed by atoms with Crippen molar-refractivity contribution < 1.29 is 0 Å². The van der Waals surface area contributed by atoms with E-state index in [9.17, 15) is 0 Å². The fourth-order valence-electron chi connectivity index (χ4n) is 0.823. The van der Waals surface area contributed by atoms with Crippen molar-refractivity contribution in [2.75, 3.05) is 18.1 Å². The Bertz CT molecular complexity index is 232. The van der Waals surface area contributed by atoms with Gasteiger partial charge in [-0.1, -0.05) is 0 Å². The predicted octanol–water partition coefficient (Wildman–Crippen LogP) is 1.01. The van der Waals surface area contributed by atoms with Crippen LogP contribution >= 0.6 is 0 Å². The molecule has 0 saturated carbocycles. The average Bonchev–Trinajstić information content (AvgIpc) is 1.95. The largest absolute Gasteiger partial charge is 0.388 e. The van der Waals surface area contributed by atoms with Crippen LogP contribution in [-0.4, -0.2) is 12.0 Å². The van der Waals surface area contributed by atoms with Gasteiger partial charge < -0.3 is 11.1 Å². The van der Waals surface area contributed by atoms with E-state index in [2.05, 4.69) is 10.3 Å². The zero-order valence-electron chi connectivity index (χ0n) is 6.18. The second kappa shape index (κ2) is 2.56. The van der Waals surface area contributed by atoms with Gasteiger partial charge in [0, 0.05) is 24.5 Å². The maximum Gasteiger partial charge on any atom is 0.128 e. The lowest BCUT2D eigenvalue weighted by Gasteiger charge is -2.04. The molecule has 3 N–H and O–H groups in total. The first kappa shape index (κ1) is 6.86. The Morgan fingerprint density at radius 3 is 2.80 bits per heavy atom. The molecule has 0 aromatic carbocycles. The maximum absolute atomic E-state index is 5.55. The van der Waals surface area contributed by atoms with Gasteiger partial charge >= 0.3 is 0 Å². The van der Waals surface area contributed by atoms with Crippen LogP contribution < -0.4 is 11.1 Å². The number of anilines is 2. The van der Waals surface area contributed by atoms with Gasteiger partial charge in [0.1, 0.15) is 5.82 Å². The quantitative estimate of drug-likeness (QED) is 0.607. The highest BCUT2D eigenvalue weighted by atomic mass is 14.9. The van der Waals surface area contributed by atoms with Gasteiger partial charge in [0.15, 0.2) is 0 Å². The molecule has 0 radical (unpaired) electrons. The van der Waals surface area contributed by atoms with Gasteiger partial charge in [0.2, 0.25) is 0 Å². The Labute approximate surface area is 60.3 Å². The average molecular weight is 137 g/mol. The number of nitrogens with zero attached hydrogens (tertiary/aromatic N) is 1. The van der Waals surface area contributed by atoms with E-state index in [1.54, 1.807) is 6.20 Å². The molecule has 0 aliphatic carbocycles. The third kappa shape index (κ3) is 1.03. The van der Waals surface area contributed by atoms with Crippen molar-refractivity contribution in [1.29, 1.82) is 0 Å². The van der Waals surface area contributed by atoms with Crippen LogP contribution in [0.5, 0.6) is 0 Å². The maximum atomic E-state index is 5.55. The Kier molecular flexibility index (Phi) is 1.76. The van der Waals surface area contributed by atoms with Crippen molar-refractivity contribution in [3.63, 3.8) is 0 Å². The minimum absolute atomic E-state index is 0.590. The molecular formula is C7H11N3. The van der Waals surface area contributed by atoms with Crippen LogP contribution in [0.4, 0.5) is 11.5 Å². The Balaban J connectivity index is 3.14. The Hall–Kier alpha value is -1.25. The van der Waals surface area contributed by atoms with Crippen LogP contribution in [0.25, 0.3) is 0 Å². The molecule has 1 aromatic heterocycles. The van der Waals surface area contributed by atoms with Gasteiger partial charge in [-0.2, -0.15) is 0 Å². The Morgan fingerprint density at radius 1 is 1.60 bits per heavy atom. The van der Waals surface area contributed by atoms with E-state index in [1.165, 1.54) is 0 Å². The highest BCUT2D eigenvalue weighted by Gasteiger charge is 1.97. The van der Waals surface area contributed by atoms with Crippen LogP contribution in [0.15, 0.2) is 12.3 Å². The molecule has 3 nitrogen and oxygen atoms in total. The molecule has 1 aromatic rings. The summed E-state index contributed by atoms with van der Waals surface area (Å²) in [4.78, 5) is 3.93. The highest BCUT2D eigenvalue weighted by molar-refractivity contribution is 5.58. The number of aromatic nitrogens is 1. The third-order valence-corrected chi connectivity index (χ3v) is 1.51. The first-order chi connectivity index (χ1) is 4.75. The number of nitrogens with two attached hydrogens (primary N) is 1.